The van der Waals surface area contributed by atoms with Crippen LogP contribution in [0.15, 0.2) is 11.0 Å². The van der Waals surface area contributed by atoms with Gasteiger partial charge in [-0.2, -0.15) is 4.31 Å². The third-order valence-corrected chi connectivity index (χ3v) is 7.49. The topological polar surface area (TPSA) is 40.6 Å². The summed E-state index contributed by atoms with van der Waals surface area (Å²) in [5, 5.41) is 0. The molecule has 1 aromatic heterocycles. The fourth-order valence-corrected chi connectivity index (χ4v) is 6.19. The van der Waals surface area contributed by atoms with Crippen LogP contribution in [0.3, 0.4) is 0 Å². The highest BCUT2D eigenvalue weighted by atomic mass is 32.2. The molecule has 0 aromatic carbocycles. The average Bonchev–Trinajstić information content (AvgIpc) is 2.93. The summed E-state index contributed by atoms with van der Waals surface area (Å²) in [6, 6.07) is 2.10. The monoisotopic (exact) mass is 330 g/mol. The van der Waals surface area contributed by atoms with E-state index in [1.165, 1.54) is 0 Å². The number of hydrogen-bond donors (Lipinski definition) is 0. The number of sulfonamides is 1. The van der Waals surface area contributed by atoms with Crippen LogP contribution < -0.4 is 0 Å². The summed E-state index contributed by atoms with van der Waals surface area (Å²) in [6.07, 6.45) is 0. The Morgan fingerprint density at radius 3 is 2.29 bits per heavy atom. The van der Waals surface area contributed by atoms with E-state index in [2.05, 4.69) is 18.7 Å². The Labute approximate surface area is 132 Å². The second-order valence-electron chi connectivity index (χ2n) is 6.54. The lowest BCUT2D eigenvalue weighted by Crippen LogP contribution is -2.37. The SMILES string of the molecule is Cc1cc(S(=O)(=O)N2CC(C(C)C)C(N(C)C)C2)c(C)s1. The Balaban J connectivity index is 2.32. The van der Waals surface area contributed by atoms with E-state index in [1.54, 1.807) is 15.6 Å². The third kappa shape index (κ3) is 3.18. The molecular weight excluding hydrogens is 304 g/mol. The van der Waals surface area contributed by atoms with Crippen LogP contribution in [0, 0.1) is 25.7 Å². The van der Waals surface area contributed by atoms with Gasteiger partial charge < -0.3 is 4.90 Å². The van der Waals surface area contributed by atoms with Gasteiger partial charge in [-0.05, 0) is 45.8 Å². The minimum absolute atomic E-state index is 0.291. The van der Waals surface area contributed by atoms with Gasteiger partial charge in [-0.25, -0.2) is 8.42 Å². The Kier molecular flexibility index (Phi) is 4.83. The number of aryl methyl sites for hydroxylation is 2. The summed E-state index contributed by atoms with van der Waals surface area (Å²) >= 11 is 1.55. The van der Waals surface area contributed by atoms with Crippen molar-refractivity contribution >= 4 is 21.4 Å². The first-order chi connectivity index (χ1) is 9.64. The number of hydrogen-bond acceptors (Lipinski definition) is 4. The summed E-state index contributed by atoms with van der Waals surface area (Å²) in [4.78, 5) is 4.59. The molecule has 1 fully saturated rings. The van der Waals surface area contributed by atoms with Gasteiger partial charge in [0.25, 0.3) is 0 Å². The number of likely N-dealkylation sites (N-methyl/N-ethyl adjacent to an activating group) is 1. The Hall–Kier alpha value is -0.430. The molecule has 1 aliphatic heterocycles. The summed E-state index contributed by atoms with van der Waals surface area (Å²) < 4.78 is 27.5. The number of rotatable bonds is 4. The Morgan fingerprint density at radius 1 is 1.29 bits per heavy atom. The van der Waals surface area contributed by atoms with Crippen LogP contribution in [0.4, 0.5) is 0 Å². The molecule has 2 heterocycles. The minimum atomic E-state index is -3.36. The largest absolute Gasteiger partial charge is 0.305 e. The zero-order valence-electron chi connectivity index (χ0n) is 13.8. The lowest BCUT2D eigenvalue weighted by atomic mass is 9.91. The van der Waals surface area contributed by atoms with Crippen LogP contribution in [-0.4, -0.2) is 50.8 Å². The van der Waals surface area contributed by atoms with Gasteiger partial charge in [0.1, 0.15) is 0 Å². The summed E-state index contributed by atoms with van der Waals surface area (Å²) in [5.41, 5.74) is 0. The maximum absolute atomic E-state index is 12.9. The lowest BCUT2D eigenvalue weighted by molar-refractivity contribution is 0.216. The maximum Gasteiger partial charge on any atom is 0.244 e. The predicted molar refractivity (Wildman–Crippen MR) is 88.4 cm³/mol. The number of nitrogens with zero attached hydrogens (tertiary/aromatic N) is 2. The fraction of sp³-hybridized carbons (Fsp3) is 0.733. The molecule has 1 aliphatic rings. The van der Waals surface area contributed by atoms with Crippen molar-refractivity contribution in [3.63, 3.8) is 0 Å². The second-order valence-corrected chi connectivity index (χ2v) is 9.91. The van der Waals surface area contributed by atoms with Crippen molar-refractivity contribution in [3.8, 4) is 0 Å². The molecule has 1 saturated heterocycles. The van der Waals surface area contributed by atoms with E-state index in [1.807, 2.05) is 34.0 Å². The molecular formula is C15H26N2O2S2. The maximum atomic E-state index is 12.9. The molecule has 2 rings (SSSR count). The van der Waals surface area contributed by atoms with E-state index in [4.69, 9.17) is 0 Å². The van der Waals surface area contributed by atoms with Gasteiger partial charge in [0, 0.05) is 28.9 Å². The molecule has 0 bridgehead atoms. The normalized spacial score (nSPS) is 24.4. The van der Waals surface area contributed by atoms with Crippen LogP contribution in [-0.2, 0) is 10.0 Å². The van der Waals surface area contributed by atoms with Crippen LogP contribution in [0.25, 0.3) is 0 Å². The highest BCUT2D eigenvalue weighted by molar-refractivity contribution is 7.89. The highest BCUT2D eigenvalue weighted by Crippen LogP contribution is 2.34. The van der Waals surface area contributed by atoms with Crippen LogP contribution >= 0.6 is 11.3 Å². The van der Waals surface area contributed by atoms with E-state index < -0.39 is 10.0 Å². The summed E-state index contributed by atoms with van der Waals surface area (Å²) in [6.45, 7) is 9.42. The first-order valence-electron chi connectivity index (χ1n) is 7.38. The molecule has 2 atom stereocenters. The van der Waals surface area contributed by atoms with Crippen molar-refractivity contribution < 1.29 is 8.42 Å². The van der Waals surface area contributed by atoms with Crippen LogP contribution in [0.1, 0.15) is 23.6 Å². The van der Waals surface area contributed by atoms with Crippen molar-refractivity contribution in [3.05, 3.63) is 15.8 Å². The smallest absolute Gasteiger partial charge is 0.244 e. The molecule has 0 spiro atoms. The average molecular weight is 331 g/mol. The molecule has 0 N–H and O–H groups in total. The first-order valence-corrected chi connectivity index (χ1v) is 9.64. The van der Waals surface area contributed by atoms with E-state index in [9.17, 15) is 8.42 Å². The molecule has 0 radical (unpaired) electrons. The molecule has 4 nitrogen and oxygen atoms in total. The van der Waals surface area contributed by atoms with Crippen molar-refractivity contribution in [2.75, 3.05) is 27.2 Å². The highest BCUT2D eigenvalue weighted by Gasteiger charge is 2.42. The zero-order chi connectivity index (χ0) is 15.9. The molecule has 21 heavy (non-hydrogen) atoms. The van der Waals surface area contributed by atoms with E-state index in [0.717, 1.165) is 9.75 Å². The van der Waals surface area contributed by atoms with E-state index >= 15 is 0 Å². The van der Waals surface area contributed by atoms with Crippen molar-refractivity contribution in [2.24, 2.45) is 11.8 Å². The first kappa shape index (κ1) is 16.9. The van der Waals surface area contributed by atoms with Crippen molar-refractivity contribution in [1.29, 1.82) is 0 Å². The molecule has 1 aromatic rings. The third-order valence-electron chi connectivity index (χ3n) is 4.43. The zero-order valence-corrected chi connectivity index (χ0v) is 15.4. The second kappa shape index (κ2) is 5.99. The Bertz CT molecular complexity index is 589. The van der Waals surface area contributed by atoms with Gasteiger partial charge in [0.05, 0.1) is 4.90 Å². The van der Waals surface area contributed by atoms with Crippen LogP contribution in [0.2, 0.25) is 0 Å². The summed E-state index contributed by atoms with van der Waals surface area (Å²) in [5.74, 6) is 0.859. The van der Waals surface area contributed by atoms with Crippen molar-refractivity contribution in [2.45, 2.75) is 38.6 Å². The quantitative estimate of drug-likeness (QED) is 0.852. The van der Waals surface area contributed by atoms with Gasteiger partial charge in [-0.15, -0.1) is 11.3 Å². The van der Waals surface area contributed by atoms with Gasteiger partial charge in [-0.1, -0.05) is 13.8 Å². The molecule has 120 valence electrons. The van der Waals surface area contributed by atoms with Crippen LogP contribution in [0.5, 0.6) is 0 Å². The standard InChI is InChI=1S/C15H26N2O2S2/c1-10(2)13-8-17(9-14(13)16(5)6)21(18,19)15-7-11(3)20-12(15)4/h7,10,13-14H,8-9H2,1-6H3. The molecule has 0 aliphatic carbocycles. The molecule has 0 saturated carbocycles. The summed E-state index contributed by atoms with van der Waals surface area (Å²) in [7, 11) is 0.711. The lowest BCUT2D eigenvalue weighted by Gasteiger charge is -2.27. The predicted octanol–water partition coefficient (Wildman–Crippen LogP) is 2.57. The van der Waals surface area contributed by atoms with Gasteiger partial charge in [-0.3, -0.25) is 0 Å². The number of thiophene rings is 1. The molecule has 0 amide bonds. The molecule has 2 unspecified atom stereocenters. The Morgan fingerprint density at radius 2 is 1.90 bits per heavy atom. The minimum Gasteiger partial charge on any atom is -0.305 e. The fourth-order valence-electron chi connectivity index (χ4n) is 3.18. The van der Waals surface area contributed by atoms with Gasteiger partial charge in [0.2, 0.25) is 10.0 Å². The van der Waals surface area contributed by atoms with Gasteiger partial charge in [0.15, 0.2) is 0 Å². The van der Waals surface area contributed by atoms with Gasteiger partial charge >= 0.3 is 0 Å². The van der Waals surface area contributed by atoms with Crippen molar-refractivity contribution in [1.82, 2.24) is 9.21 Å². The van der Waals surface area contributed by atoms with E-state index in [0.29, 0.717) is 35.9 Å². The van der Waals surface area contributed by atoms with E-state index in [-0.39, 0.29) is 0 Å². The molecule has 6 heteroatoms.